The van der Waals surface area contributed by atoms with Crippen LogP contribution in [0.3, 0.4) is 0 Å². The van der Waals surface area contributed by atoms with Gasteiger partial charge in [0.2, 0.25) is 0 Å². The fourth-order valence-corrected chi connectivity index (χ4v) is 2.01. The molecule has 0 saturated carbocycles. The fourth-order valence-electron chi connectivity index (χ4n) is 2.01. The highest BCUT2D eigenvalue weighted by Crippen LogP contribution is 2.29. The van der Waals surface area contributed by atoms with Crippen LogP contribution in [0.2, 0.25) is 0 Å². The average molecular weight is 372 g/mol. The predicted molar refractivity (Wildman–Crippen MR) is 125 cm³/mol. The molecule has 0 saturated heterocycles. The Kier molecular flexibility index (Phi) is 18.0. The van der Waals surface area contributed by atoms with Gasteiger partial charge >= 0.3 is 0 Å². The van der Waals surface area contributed by atoms with Gasteiger partial charge in [0.05, 0.1) is 5.57 Å². The van der Waals surface area contributed by atoms with E-state index in [2.05, 4.69) is 52.2 Å². The molecule has 0 radical (unpaired) electrons. The summed E-state index contributed by atoms with van der Waals surface area (Å²) in [4.78, 5) is 0. The number of nitrogens with zero attached hydrogens (tertiary/aromatic N) is 1. The normalized spacial score (nSPS) is 10.8. The topological polar surface area (TPSA) is 61.8 Å². The standard InChI is InChI=1S/C18H21N3.2C3H8.2H2/c1-4-15(5-2)18(16-9-7-6-8-10-16)17(13-20)14(3)21-12-11-19;2*1-3-2;;/h4-10,21H,1,3,11-12,19H2,2H3;2*3H2,1-2H3;2*1H/b15-5+,18-17-;;;;. The van der Waals surface area contributed by atoms with E-state index in [4.69, 9.17) is 5.73 Å². The summed E-state index contributed by atoms with van der Waals surface area (Å²) < 4.78 is 0. The van der Waals surface area contributed by atoms with Gasteiger partial charge in [-0.05, 0) is 18.1 Å². The number of nitrogens with two attached hydrogens (primary N) is 1. The second-order valence-corrected chi connectivity index (χ2v) is 5.78. The van der Waals surface area contributed by atoms with E-state index in [1.165, 1.54) is 12.8 Å². The van der Waals surface area contributed by atoms with Gasteiger partial charge in [-0.15, -0.1) is 0 Å². The van der Waals surface area contributed by atoms with Gasteiger partial charge in [-0.3, -0.25) is 0 Å². The molecule has 0 atom stereocenters. The largest absolute Gasteiger partial charge is 0.383 e. The van der Waals surface area contributed by atoms with Crippen LogP contribution in [0.25, 0.3) is 5.57 Å². The van der Waals surface area contributed by atoms with E-state index in [1.807, 2.05) is 43.3 Å². The molecule has 0 aliphatic heterocycles. The molecule has 0 unspecified atom stereocenters. The lowest BCUT2D eigenvalue weighted by Gasteiger charge is -2.15. The second-order valence-electron chi connectivity index (χ2n) is 5.78. The molecule has 0 aliphatic carbocycles. The van der Waals surface area contributed by atoms with Crippen LogP contribution in [0.4, 0.5) is 0 Å². The zero-order valence-electron chi connectivity index (χ0n) is 17.8. The summed E-state index contributed by atoms with van der Waals surface area (Å²) in [5.41, 5.74) is 9.24. The van der Waals surface area contributed by atoms with E-state index in [9.17, 15) is 5.26 Å². The van der Waals surface area contributed by atoms with Crippen molar-refractivity contribution in [2.24, 2.45) is 5.73 Å². The molecule has 0 amide bonds. The molecule has 0 aromatic heterocycles. The summed E-state index contributed by atoms with van der Waals surface area (Å²) in [6, 6.07) is 12.0. The fraction of sp³-hybridized carbons (Fsp3) is 0.375. The molecule has 1 aromatic carbocycles. The van der Waals surface area contributed by atoms with Crippen molar-refractivity contribution < 1.29 is 2.85 Å². The number of nitrogens with one attached hydrogen (secondary N) is 1. The summed E-state index contributed by atoms with van der Waals surface area (Å²) in [7, 11) is 0. The first-order valence-corrected chi connectivity index (χ1v) is 9.64. The Balaban J connectivity index is -0.000000347. The molecular formula is C24H41N3. The first-order valence-electron chi connectivity index (χ1n) is 9.64. The first kappa shape index (κ1) is 26.7. The van der Waals surface area contributed by atoms with Crippen LogP contribution >= 0.6 is 0 Å². The van der Waals surface area contributed by atoms with Crippen molar-refractivity contribution in [3.8, 4) is 6.07 Å². The zero-order valence-corrected chi connectivity index (χ0v) is 17.8. The molecule has 152 valence electrons. The lowest BCUT2D eigenvalue weighted by atomic mass is 9.92. The van der Waals surface area contributed by atoms with Crippen LogP contribution in [-0.4, -0.2) is 13.1 Å². The van der Waals surface area contributed by atoms with Gasteiger partial charge < -0.3 is 11.1 Å². The third kappa shape index (κ3) is 10.9. The van der Waals surface area contributed by atoms with Gasteiger partial charge in [0.1, 0.15) is 6.07 Å². The maximum atomic E-state index is 9.57. The van der Waals surface area contributed by atoms with Crippen LogP contribution in [0.1, 0.15) is 55.9 Å². The Morgan fingerprint density at radius 1 is 1.19 bits per heavy atom. The van der Waals surface area contributed by atoms with Crippen molar-refractivity contribution in [1.29, 1.82) is 5.26 Å². The molecule has 0 fully saturated rings. The van der Waals surface area contributed by atoms with E-state index in [0.29, 0.717) is 24.4 Å². The summed E-state index contributed by atoms with van der Waals surface area (Å²) in [6.07, 6.45) is 6.18. The van der Waals surface area contributed by atoms with Gasteiger partial charge in [-0.1, -0.05) is 96.2 Å². The highest BCUT2D eigenvalue weighted by atomic mass is 14.9. The SMILES string of the molecule is C=CC(=C\C)/C(=C(\C#N)C(=C)NCCN)c1ccccc1.CCC.CCC.[HH].[HH]. The van der Waals surface area contributed by atoms with Gasteiger partial charge in [0.25, 0.3) is 0 Å². The van der Waals surface area contributed by atoms with Crippen LogP contribution in [0.5, 0.6) is 0 Å². The van der Waals surface area contributed by atoms with Crippen LogP contribution in [0.15, 0.2) is 72.5 Å². The highest BCUT2D eigenvalue weighted by molar-refractivity contribution is 5.88. The molecule has 1 rings (SSSR count). The van der Waals surface area contributed by atoms with E-state index >= 15 is 0 Å². The van der Waals surface area contributed by atoms with Gasteiger partial charge in [-0.2, -0.15) is 5.26 Å². The van der Waals surface area contributed by atoms with Crippen molar-refractivity contribution in [2.75, 3.05) is 13.1 Å². The number of hydrogen-bond donors (Lipinski definition) is 2. The molecule has 0 heterocycles. The molecule has 0 spiro atoms. The molecule has 0 bridgehead atoms. The average Bonchev–Trinajstić information content (AvgIpc) is 2.68. The predicted octanol–water partition coefficient (Wildman–Crippen LogP) is 6.48. The van der Waals surface area contributed by atoms with Crippen LogP contribution < -0.4 is 11.1 Å². The van der Waals surface area contributed by atoms with E-state index in [-0.39, 0.29) is 2.85 Å². The molecular weight excluding hydrogens is 330 g/mol. The minimum atomic E-state index is 0. The number of hydrogen-bond acceptors (Lipinski definition) is 3. The summed E-state index contributed by atoms with van der Waals surface area (Å²) in [6.45, 7) is 19.3. The minimum Gasteiger partial charge on any atom is -0.383 e. The molecule has 3 nitrogen and oxygen atoms in total. The van der Waals surface area contributed by atoms with Gasteiger partial charge in [0.15, 0.2) is 0 Å². The Labute approximate surface area is 170 Å². The summed E-state index contributed by atoms with van der Waals surface area (Å²) in [5, 5.41) is 12.6. The molecule has 1 aromatic rings. The Morgan fingerprint density at radius 2 is 1.70 bits per heavy atom. The number of rotatable bonds is 7. The zero-order chi connectivity index (χ0) is 21.1. The van der Waals surface area contributed by atoms with Crippen LogP contribution in [0, 0.1) is 11.3 Å². The summed E-state index contributed by atoms with van der Waals surface area (Å²) in [5.74, 6) is 0. The lowest BCUT2D eigenvalue weighted by molar-refractivity contribution is 0.812. The quantitative estimate of drug-likeness (QED) is 0.426. The molecule has 0 aliphatic rings. The third-order valence-electron chi connectivity index (χ3n) is 3.03. The van der Waals surface area contributed by atoms with Crippen molar-refractivity contribution >= 4 is 5.57 Å². The Morgan fingerprint density at radius 3 is 2.07 bits per heavy atom. The Hall–Kier alpha value is -2.57. The van der Waals surface area contributed by atoms with Crippen molar-refractivity contribution in [3.63, 3.8) is 0 Å². The Bertz CT molecular complexity index is 640. The van der Waals surface area contributed by atoms with Crippen molar-refractivity contribution in [2.45, 2.75) is 47.5 Å². The summed E-state index contributed by atoms with van der Waals surface area (Å²) >= 11 is 0. The van der Waals surface area contributed by atoms with Gasteiger partial charge in [0, 0.05) is 27.2 Å². The molecule has 3 heteroatoms. The number of benzene rings is 1. The number of nitriles is 1. The van der Waals surface area contributed by atoms with Crippen molar-refractivity contribution in [1.82, 2.24) is 5.32 Å². The first-order chi connectivity index (χ1) is 13.0. The monoisotopic (exact) mass is 371 g/mol. The van der Waals surface area contributed by atoms with E-state index < -0.39 is 0 Å². The smallest absolute Gasteiger partial charge is 0.102 e. The lowest BCUT2D eigenvalue weighted by Crippen LogP contribution is -2.22. The van der Waals surface area contributed by atoms with Gasteiger partial charge in [-0.25, -0.2) is 0 Å². The maximum Gasteiger partial charge on any atom is 0.102 e. The molecule has 3 N–H and O–H groups in total. The number of allylic oxidation sites excluding steroid dienone is 5. The molecule has 27 heavy (non-hydrogen) atoms. The van der Waals surface area contributed by atoms with Crippen LogP contribution in [-0.2, 0) is 0 Å². The van der Waals surface area contributed by atoms with E-state index in [0.717, 1.165) is 16.7 Å². The second kappa shape index (κ2) is 18.2. The highest BCUT2D eigenvalue weighted by Gasteiger charge is 2.14. The third-order valence-corrected chi connectivity index (χ3v) is 3.03. The van der Waals surface area contributed by atoms with E-state index in [1.54, 1.807) is 6.08 Å². The van der Waals surface area contributed by atoms with Crippen molar-refractivity contribution in [3.05, 3.63) is 78.0 Å². The maximum absolute atomic E-state index is 9.57. The minimum absolute atomic E-state index is 0.